The lowest BCUT2D eigenvalue weighted by molar-refractivity contribution is -0.291. The molecule has 1 aromatic carbocycles. The quantitative estimate of drug-likeness (QED) is 0.800. The van der Waals surface area contributed by atoms with Crippen molar-refractivity contribution in [2.45, 2.75) is 51.4 Å². The molecule has 3 heterocycles. The lowest BCUT2D eigenvalue weighted by atomic mass is 9.85. The van der Waals surface area contributed by atoms with Gasteiger partial charge in [0.05, 0.1) is 19.3 Å². The summed E-state index contributed by atoms with van der Waals surface area (Å²) in [6, 6.07) is 3.68. The third kappa shape index (κ3) is 3.45. The van der Waals surface area contributed by atoms with E-state index < -0.39 is 11.8 Å². The van der Waals surface area contributed by atoms with Gasteiger partial charge in [0.1, 0.15) is 11.3 Å². The fourth-order valence-electron chi connectivity index (χ4n) is 4.40. The van der Waals surface area contributed by atoms with E-state index in [2.05, 4.69) is 0 Å². The number of hydrogen-bond donors (Lipinski definition) is 1. The minimum absolute atomic E-state index is 0.0565. The maximum Gasteiger partial charge on any atom is 0.282 e. The van der Waals surface area contributed by atoms with Crippen LogP contribution < -0.4 is 0 Å². The molecule has 1 N–H and O–H groups in total. The van der Waals surface area contributed by atoms with Gasteiger partial charge in [-0.2, -0.15) is 5.06 Å². The summed E-state index contributed by atoms with van der Waals surface area (Å²) in [6.07, 6.45) is 2.13. The van der Waals surface area contributed by atoms with Gasteiger partial charge in [0, 0.05) is 24.5 Å². The van der Waals surface area contributed by atoms with Gasteiger partial charge in [0.25, 0.3) is 5.91 Å². The minimum atomic E-state index is -0.923. The molecule has 8 heteroatoms. The first-order valence-corrected chi connectivity index (χ1v) is 10.4. The Morgan fingerprint density at radius 3 is 2.59 bits per heavy atom. The Kier molecular flexibility index (Phi) is 5.61. The third-order valence-corrected chi connectivity index (χ3v) is 6.57. The highest BCUT2D eigenvalue weighted by Crippen LogP contribution is 2.47. The Labute approximate surface area is 175 Å². The highest BCUT2D eigenvalue weighted by Gasteiger charge is 2.56. The molecule has 0 bridgehead atoms. The SMILES string of the molecule is CON1CCC2(CC1)C(O)=C(c1cc(C)c(Cl)cc1C)C(=O)N2OC1CCCO1. The Morgan fingerprint density at radius 1 is 1.24 bits per heavy atom. The number of ether oxygens (including phenoxy) is 1. The van der Waals surface area contributed by atoms with Crippen molar-refractivity contribution in [3.63, 3.8) is 0 Å². The molecule has 0 aliphatic carbocycles. The smallest absolute Gasteiger partial charge is 0.282 e. The van der Waals surface area contributed by atoms with Crippen molar-refractivity contribution in [2.75, 3.05) is 26.8 Å². The van der Waals surface area contributed by atoms with Crippen LogP contribution in [0.1, 0.15) is 42.4 Å². The number of aliphatic hydroxyl groups is 1. The molecule has 0 saturated carbocycles. The van der Waals surface area contributed by atoms with Crippen LogP contribution in [0.15, 0.2) is 17.9 Å². The average molecular weight is 423 g/mol. The summed E-state index contributed by atoms with van der Waals surface area (Å²) in [5, 5.41) is 15.2. The fraction of sp³-hybridized carbons (Fsp3) is 0.571. The molecule has 7 nitrogen and oxygen atoms in total. The van der Waals surface area contributed by atoms with Gasteiger partial charge in [0.2, 0.25) is 0 Å². The topological polar surface area (TPSA) is 71.5 Å². The largest absolute Gasteiger partial charge is 0.509 e. The van der Waals surface area contributed by atoms with Crippen molar-refractivity contribution < 1.29 is 24.3 Å². The third-order valence-electron chi connectivity index (χ3n) is 6.16. The van der Waals surface area contributed by atoms with Crippen LogP contribution in [0.25, 0.3) is 5.57 Å². The number of hydroxylamine groups is 4. The normalized spacial score (nSPS) is 24.9. The van der Waals surface area contributed by atoms with Crippen molar-refractivity contribution in [1.29, 1.82) is 0 Å². The molecule has 2 fully saturated rings. The summed E-state index contributed by atoms with van der Waals surface area (Å²) in [5.41, 5.74) is 1.72. The van der Waals surface area contributed by atoms with Gasteiger partial charge < -0.3 is 14.7 Å². The van der Waals surface area contributed by atoms with E-state index in [1.807, 2.05) is 31.0 Å². The van der Waals surface area contributed by atoms with Gasteiger partial charge in [-0.05, 0) is 61.9 Å². The average Bonchev–Trinajstić information content (AvgIpc) is 3.28. The summed E-state index contributed by atoms with van der Waals surface area (Å²) < 4.78 is 5.61. The lowest BCUT2D eigenvalue weighted by Gasteiger charge is -2.43. The first kappa shape index (κ1) is 20.6. The molecule has 1 unspecified atom stereocenters. The van der Waals surface area contributed by atoms with Gasteiger partial charge in [-0.25, -0.2) is 9.90 Å². The molecule has 158 valence electrons. The van der Waals surface area contributed by atoms with Crippen LogP contribution in [-0.2, 0) is 19.2 Å². The summed E-state index contributed by atoms with van der Waals surface area (Å²) in [5.74, 6) is -0.283. The molecule has 1 aromatic rings. The number of hydrogen-bond acceptors (Lipinski definition) is 6. The zero-order valence-corrected chi connectivity index (χ0v) is 17.8. The predicted octanol–water partition coefficient (Wildman–Crippen LogP) is 3.53. The lowest BCUT2D eigenvalue weighted by Crippen LogP contribution is -2.55. The van der Waals surface area contributed by atoms with Gasteiger partial charge in [0.15, 0.2) is 6.29 Å². The van der Waals surface area contributed by atoms with Crippen LogP contribution in [0.5, 0.6) is 0 Å². The van der Waals surface area contributed by atoms with Crippen LogP contribution in [0, 0.1) is 13.8 Å². The van der Waals surface area contributed by atoms with E-state index in [1.54, 1.807) is 7.11 Å². The molecule has 29 heavy (non-hydrogen) atoms. The monoisotopic (exact) mass is 422 g/mol. The number of piperidine rings is 1. The first-order chi connectivity index (χ1) is 13.9. The summed E-state index contributed by atoms with van der Waals surface area (Å²) in [4.78, 5) is 24.9. The molecule has 1 atom stereocenters. The van der Waals surface area contributed by atoms with Crippen molar-refractivity contribution in [2.24, 2.45) is 0 Å². The molecule has 4 rings (SSSR count). The molecule has 1 amide bonds. The van der Waals surface area contributed by atoms with E-state index in [-0.39, 0.29) is 17.2 Å². The number of halogens is 1. The Bertz CT molecular complexity index is 842. The van der Waals surface area contributed by atoms with E-state index in [9.17, 15) is 9.90 Å². The van der Waals surface area contributed by atoms with Gasteiger partial charge >= 0.3 is 0 Å². The second-order valence-electron chi connectivity index (χ2n) is 7.93. The molecule has 3 aliphatic rings. The second kappa shape index (κ2) is 7.89. The molecular formula is C21H27ClN2O5. The van der Waals surface area contributed by atoms with Gasteiger partial charge in [-0.15, -0.1) is 0 Å². The van der Waals surface area contributed by atoms with Crippen LogP contribution >= 0.6 is 11.6 Å². The number of amides is 1. The van der Waals surface area contributed by atoms with E-state index in [0.29, 0.717) is 43.1 Å². The zero-order chi connectivity index (χ0) is 20.8. The highest BCUT2D eigenvalue weighted by atomic mass is 35.5. The number of carbonyl (C=O) groups excluding carboxylic acids is 1. The van der Waals surface area contributed by atoms with Crippen molar-refractivity contribution in [3.05, 3.63) is 39.6 Å². The summed E-state index contributed by atoms with van der Waals surface area (Å²) >= 11 is 6.25. The fourth-order valence-corrected chi connectivity index (χ4v) is 4.61. The van der Waals surface area contributed by atoms with E-state index in [0.717, 1.165) is 24.0 Å². The maximum atomic E-state index is 13.5. The van der Waals surface area contributed by atoms with Crippen LogP contribution in [0.4, 0.5) is 0 Å². The number of nitrogens with zero attached hydrogens (tertiary/aromatic N) is 2. The first-order valence-electron chi connectivity index (χ1n) is 10.00. The number of carbonyl (C=O) groups is 1. The van der Waals surface area contributed by atoms with E-state index in [4.69, 9.17) is 26.0 Å². The Balaban J connectivity index is 1.76. The molecule has 0 radical (unpaired) electrons. The summed E-state index contributed by atoms with van der Waals surface area (Å²) in [7, 11) is 1.62. The summed E-state index contributed by atoms with van der Waals surface area (Å²) in [6.45, 7) is 5.53. The molecular weight excluding hydrogens is 396 g/mol. The van der Waals surface area contributed by atoms with Gasteiger partial charge in [-0.3, -0.25) is 4.79 Å². The standard InChI is InChI=1S/C21H27ClN2O5/c1-13-12-16(22)14(2)11-15(13)18-19(25)21(6-8-23(27-3)9-7-21)24(20(18)26)29-17-5-4-10-28-17/h11-12,17,25H,4-10H2,1-3H3. The number of aryl methyl sites for hydroxylation is 2. The van der Waals surface area contributed by atoms with Crippen LogP contribution in [0.2, 0.25) is 5.02 Å². The Hall–Kier alpha value is -1.64. The molecule has 1 spiro atoms. The van der Waals surface area contributed by atoms with E-state index in [1.165, 1.54) is 5.06 Å². The van der Waals surface area contributed by atoms with Gasteiger partial charge in [-0.1, -0.05) is 11.6 Å². The van der Waals surface area contributed by atoms with Crippen molar-refractivity contribution in [3.8, 4) is 0 Å². The Morgan fingerprint density at radius 2 is 1.97 bits per heavy atom. The number of benzene rings is 1. The van der Waals surface area contributed by atoms with Crippen molar-refractivity contribution >= 4 is 23.1 Å². The second-order valence-corrected chi connectivity index (χ2v) is 8.34. The number of aliphatic hydroxyl groups excluding tert-OH is 1. The highest BCUT2D eigenvalue weighted by molar-refractivity contribution is 6.31. The van der Waals surface area contributed by atoms with Crippen molar-refractivity contribution in [1.82, 2.24) is 10.1 Å². The van der Waals surface area contributed by atoms with Crippen LogP contribution in [0.3, 0.4) is 0 Å². The molecule has 0 aromatic heterocycles. The zero-order valence-electron chi connectivity index (χ0n) is 17.0. The van der Waals surface area contributed by atoms with Crippen LogP contribution in [-0.4, -0.2) is 59.8 Å². The molecule has 2 saturated heterocycles. The minimum Gasteiger partial charge on any atom is -0.509 e. The number of rotatable bonds is 4. The molecule has 3 aliphatic heterocycles. The predicted molar refractivity (Wildman–Crippen MR) is 108 cm³/mol. The van der Waals surface area contributed by atoms with E-state index >= 15 is 0 Å². The maximum absolute atomic E-state index is 13.5.